The molecule has 142 valence electrons. The predicted molar refractivity (Wildman–Crippen MR) is 110 cm³/mol. The van der Waals surface area contributed by atoms with Crippen molar-refractivity contribution in [1.29, 1.82) is 0 Å². The minimum Gasteiger partial charge on any atom is -0.508 e. The smallest absolute Gasteiger partial charge is 0.130 e. The van der Waals surface area contributed by atoms with Crippen LogP contribution in [0.15, 0.2) is 72.8 Å². The van der Waals surface area contributed by atoms with Crippen molar-refractivity contribution < 1.29 is 19.7 Å². The van der Waals surface area contributed by atoms with Gasteiger partial charge in [0.25, 0.3) is 0 Å². The van der Waals surface area contributed by atoms with Gasteiger partial charge in [0, 0.05) is 18.1 Å². The van der Waals surface area contributed by atoms with Gasteiger partial charge < -0.3 is 19.7 Å². The van der Waals surface area contributed by atoms with E-state index in [1.165, 1.54) is 0 Å². The molecule has 2 N–H and O–H groups in total. The zero-order chi connectivity index (χ0) is 19.3. The fourth-order valence-corrected chi connectivity index (χ4v) is 3.21. The second kappa shape index (κ2) is 8.19. The van der Waals surface area contributed by atoms with Gasteiger partial charge in [-0.25, -0.2) is 0 Å². The Morgan fingerprint density at radius 2 is 1.75 bits per heavy atom. The van der Waals surface area contributed by atoms with Gasteiger partial charge in [-0.3, -0.25) is 0 Å². The molecule has 0 fully saturated rings. The van der Waals surface area contributed by atoms with Crippen molar-refractivity contribution in [2.24, 2.45) is 0 Å². The summed E-state index contributed by atoms with van der Waals surface area (Å²) in [6.45, 7) is 0.681. The van der Waals surface area contributed by atoms with Crippen LogP contribution in [-0.4, -0.2) is 29.5 Å². The van der Waals surface area contributed by atoms with E-state index in [0.29, 0.717) is 18.8 Å². The van der Waals surface area contributed by atoms with Gasteiger partial charge >= 0.3 is 0 Å². The van der Waals surface area contributed by atoms with Crippen molar-refractivity contribution >= 4 is 11.6 Å². The number of benzene rings is 3. The minimum absolute atomic E-state index is 0.224. The maximum atomic E-state index is 10.2. The third-order valence-electron chi connectivity index (χ3n) is 4.69. The Morgan fingerprint density at radius 1 is 0.964 bits per heavy atom. The number of rotatable bonds is 6. The van der Waals surface area contributed by atoms with Crippen LogP contribution in [0.2, 0.25) is 0 Å². The van der Waals surface area contributed by atoms with Crippen LogP contribution in [0.25, 0.3) is 11.6 Å². The van der Waals surface area contributed by atoms with E-state index < -0.39 is 6.10 Å². The summed E-state index contributed by atoms with van der Waals surface area (Å²) in [4.78, 5) is 0. The van der Waals surface area contributed by atoms with Crippen LogP contribution in [0.5, 0.6) is 17.2 Å². The lowest BCUT2D eigenvalue weighted by Gasteiger charge is -2.20. The molecule has 0 radical (unpaired) electrons. The largest absolute Gasteiger partial charge is 0.508 e. The molecular weight excluding hydrogens is 352 g/mol. The highest BCUT2D eigenvalue weighted by Gasteiger charge is 2.14. The van der Waals surface area contributed by atoms with Gasteiger partial charge in [0.1, 0.15) is 30.5 Å². The van der Waals surface area contributed by atoms with Crippen LogP contribution in [0.4, 0.5) is 0 Å². The average molecular weight is 374 g/mol. The molecule has 4 rings (SSSR count). The number of phenols is 1. The predicted octanol–water partition coefficient (Wildman–Crippen LogP) is 4.31. The van der Waals surface area contributed by atoms with Crippen LogP contribution in [0.3, 0.4) is 0 Å². The Kier molecular flexibility index (Phi) is 5.31. The molecule has 4 nitrogen and oxygen atoms in total. The van der Waals surface area contributed by atoms with E-state index in [-0.39, 0.29) is 12.4 Å². The molecule has 3 aromatic rings. The topological polar surface area (TPSA) is 58.9 Å². The third-order valence-corrected chi connectivity index (χ3v) is 4.69. The normalized spacial score (nSPS) is 13.8. The molecule has 0 aliphatic carbocycles. The Balaban J connectivity index is 1.40. The lowest BCUT2D eigenvalue weighted by Crippen LogP contribution is -2.20. The van der Waals surface area contributed by atoms with Gasteiger partial charge in [-0.2, -0.15) is 0 Å². The molecule has 28 heavy (non-hydrogen) atoms. The first kappa shape index (κ1) is 18.1. The first-order chi connectivity index (χ1) is 13.7. The van der Waals surface area contributed by atoms with E-state index >= 15 is 0 Å². The van der Waals surface area contributed by atoms with Gasteiger partial charge in [-0.1, -0.05) is 42.5 Å². The van der Waals surface area contributed by atoms with E-state index in [1.807, 2.05) is 60.7 Å². The Hall–Kier alpha value is -3.24. The molecule has 1 atom stereocenters. The molecule has 0 saturated heterocycles. The second-order valence-corrected chi connectivity index (χ2v) is 6.86. The quantitative estimate of drug-likeness (QED) is 0.675. The van der Waals surface area contributed by atoms with Gasteiger partial charge in [0.05, 0.1) is 6.10 Å². The molecular formula is C24H22O4. The minimum atomic E-state index is -0.569. The van der Waals surface area contributed by atoms with Crippen LogP contribution >= 0.6 is 0 Å². The molecule has 4 heteroatoms. The maximum absolute atomic E-state index is 10.2. The fourth-order valence-electron chi connectivity index (χ4n) is 3.21. The first-order valence-electron chi connectivity index (χ1n) is 9.29. The summed E-state index contributed by atoms with van der Waals surface area (Å²) in [6.07, 6.45) is 2.07. The second-order valence-electron chi connectivity index (χ2n) is 6.86. The number of phenolic OH excluding ortho intramolecular Hbond substituents is 1. The van der Waals surface area contributed by atoms with Crippen LogP contribution < -0.4 is 9.47 Å². The summed E-state index contributed by atoms with van der Waals surface area (Å²) in [6, 6.07) is 22.7. The average Bonchev–Trinajstić information content (AvgIpc) is 2.73. The molecule has 0 spiro atoms. The number of hydrogen-bond acceptors (Lipinski definition) is 4. The SMILES string of the molecule is Oc1ccc(C2=Cc3ccc(OC[C@@H](O)Cc4ccccc4)cc3OC2)cc1. The highest BCUT2D eigenvalue weighted by molar-refractivity contribution is 5.85. The molecule has 1 aliphatic rings. The molecule has 0 aromatic heterocycles. The van der Waals surface area contributed by atoms with Crippen molar-refractivity contribution in [2.75, 3.05) is 13.2 Å². The third kappa shape index (κ3) is 4.35. The van der Waals surface area contributed by atoms with Gasteiger partial charge in [-0.05, 0) is 47.0 Å². The highest BCUT2D eigenvalue weighted by Crippen LogP contribution is 2.33. The zero-order valence-electron chi connectivity index (χ0n) is 15.4. The number of fused-ring (bicyclic) bond motifs is 1. The molecule has 0 bridgehead atoms. The van der Waals surface area contributed by atoms with Gasteiger partial charge in [0.2, 0.25) is 0 Å². The fraction of sp³-hybridized carbons (Fsp3) is 0.167. The van der Waals surface area contributed by atoms with Crippen molar-refractivity contribution in [3.05, 3.63) is 89.5 Å². The van der Waals surface area contributed by atoms with Crippen molar-refractivity contribution in [1.82, 2.24) is 0 Å². The Labute approximate surface area is 164 Å². The van der Waals surface area contributed by atoms with Crippen molar-refractivity contribution in [2.45, 2.75) is 12.5 Å². The Bertz CT molecular complexity index is 962. The van der Waals surface area contributed by atoms with Crippen LogP contribution in [0.1, 0.15) is 16.7 Å². The van der Waals surface area contributed by atoms with Gasteiger partial charge in [0.15, 0.2) is 0 Å². The lowest BCUT2D eigenvalue weighted by molar-refractivity contribution is 0.107. The number of aliphatic hydroxyl groups excluding tert-OH is 1. The summed E-state index contributed by atoms with van der Waals surface area (Å²) in [5.41, 5.74) is 4.14. The van der Waals surface area contributed by atoms with E-state index in [2.05, 4.69) is 6.08 Å². The molecule has 0 unspecified atom stereocenters. The summed E-state index contributed by atoms with van der Waals surface area (Å²) in [7, 11) is 0. The van der Waals surface area contributed by atoms with E-state index in [0.717, 1.165) is 28.0 Å². The summed E-state index contributed by atoms with van der Waals surface area (Å²) in [5, 5.41) is 19.6. The van der Waals surface area contributed by atoms with E-state index in [1.54, 1.807) is 12.1 Å². The van der Waals surface area contributed by atoms with Crippen molar-refractivity contribution in [3.63, 3.8) is 0 Å². The van der Waals surface area contributed by atoms with Crippen LogP contribution in [-0.2, 0) is 6.42 Å². The molecule has 0 saturated carbocycles. The monoisotopic (exact) mass is 374 g/mol. The van der Waals surface area contributed by atoms with Gasteiger partial charge in [-0.15, -0.1) is 0 Å². The molecule has 1 aliphatic heterocycles. The van der Waals surface area contributed by atoms with Crippen molar-refractivity contribution in [3.8, 4) is 17.2 Å². The Morgan fingerprint density at radius 3 is 2.54 bits per heavy atom. The number of hydrogen-bond donors (Lipinski definition) is 2. The lowest BCUT2D eigenvalue weighted by atomic mass is 10.0. The van der Waals surface area contributed by atoms with Crippen LogP contribution in [0, 0.1) is 0 Å². The molecule has 3 aromatic carbocycles. The van der Waals surface area contributed by atoms with E-state index in [9.17, 15) is 10.2 Å². The highest BCUT2D eigenvalue weighted by atomic mass is 16.5. The number of aliphatic hydroxyl groups is 1. The van der Waals surface area contributed by atoms with E-state index in [4.69, 9.17) is 9.47 Å². The standard InChI is InChI=1S/C24H22O4/c25-21-9-6-18(7-10-21)20-13-19-8-11-23(14-24(19)28-15-20)27-16-22(26)12-17-4-2-1-3-5-17/h1-11,13-14,22,25-26H,12,15-16H2/t22-/m0/s1. The summed E-state index contributed by atoms with van der Waals surface area (Å²) >= 11 is 0. The maximum Gasteiger partial charge on any atom is 0.130 e. The summed E-state index contributed by atoms with van der Waals surface area (Å²) in [5.74, 6) is 1.68. The number of ether oxygens (including phenoxy) is 2. The molecule has 1 heterocycles. The zero-order valence-corrected chi connectivity index (χ0v) is 15.4. The first-order valence-corrected chi connectivity index (χ1v) is 9.29. The summed E-state index contributed by atoms with van der Waals surface area (Å²) < 4.78 is 11.6. The number of aromatic hydroxyl groups is 1. The molecule has 0 amide bonds.